The molecule has 1 aromatic rings. The molecule has 1 aliphatic heterocycles. The number of hydrogen-bond donors (Lipinski definition) is 1. The number of hydrogen-bond acceptors (Lipinski definition) is 4. The summed E-state index contributed by atoms with van der Waals surface area (Å²) in [6.07, 6.45) is 0.424. The van der Waals surface area contributed by atoms with Gasteiger partial charge < -0.3 is 19.5 Å². The van der Waals surface area contributed by atoms with Crippen LogP contribution in [0.3, 0.4) is 0 Å². The number of nitrogens with zero attached hydrogens (tertiary/aromatic N) is 1. The maximum absolute atomic E-state index is 12.2. The average molecular weight is 279 g/mol. The van der Waals surface area contributed by atoms with Crippen LogP contribution >= 0.6 is 0 Å². The number of benzene rings is 1. The molecule has 20 heavy (non-hydrogen) atoms. The zero-order chi connectivity index (χ0) is 14.5. The summed E-state index contributed by atoms with van der Waals surface area (Å²) in [5, 5.41) is 9.88. The molecule has 0 bridgehead atoms. The summed E-state index contributed by atoms with van der Waals surface area (Å²) in [5.74, 6) is 0.768. The van der Waals surface area contributed by atoms with Gasteiger partial charge in [0.2, 0.25) is 5.91 Å². The first-order chi connectivity index (χ1) is 9.65. The molecule has 2 atom stereocenters. The maximum Gasteiger partial charge on any atom is 0.225 e. The molecule has 0 saturated carbocycles. The third-order valence-corrected chi connectivity index (χ3v) is 3.60. The summed E-state index contributed by atoms with van der Waals surface area (Å²) in [6.45, 7) is 0.778. The SMILES string of the molecule is COCCC(=O)N1C[C@H](O)C[C@@H]1c1cccc(OC)c1. The number of aliphatic hydroxyl groups excluding tert-OH is 1. The Morgan fingerprint density at radius 3 is 2.95 bits per heavy atom. The fourth-order valence-corrected chi connectivity index (χ4v) is 2.59. The van der Waals surface area contributed by atoms with E-state index in [1.54, 1.807) is 19.1 Å². The number of carbonyl (C=O) groups excluding carboxylic acids is 1. The van der Waals surface area contributed by atoms with Crippen molar-refractivity contribution in [2.75, 3.05) is 27.4 Å². The summed E-state index contributed by atoms with van der Waals surface area (Å²) in [5.41, 5.74) is 0.992. The third-order valence-electron chi connectivity index (χ3n) is 3.60. The van der Waals surface area contributed by atoms with Crippen molar-refractivity contribution in [3.05, 3.63) is 29.8 Å². The first-order valence-corrected chi connectivity index (χ1v) is 6.76. The number of aliphatic hydroxyl groups is 1. The van der Waals surface area contributed by atoms with Crippen molar-refractivity contribution >= 4 is 5.91 Å². The third kappa shape index (κ3) is 3.29. The van der Waals surface area contributed by atoms with E-state index in [-0.39, 0.29) is 11.9 Å². The predicted octanol–water partition coefficient (Wildman–Crippen LogP) is 1.37. The summed E-state index contributed by atoms with van der Waals surface area (Å²) < 4.78 is 10.2. The van der Waals surface area contributed by atoms with Crippen molar-refractivity contribution in [3.63, 3.8) is 0 Å². The summed E-state index contributed by atoms with van der Waals surface area (Å²) >= 11 is 0. The molecule has 0 spiro atoms. The van der Waals surface area contributed by atoms with E-state index in [1.165, 1.54) is 0 Å². The molecule has 1 saturated heterocycles. The van der Waals surface area contributed by atoms with Crippen molar-refractivity contribution in [1.82, 2.24) is 4.90 Å². The molecule has 1 heterocycles. The number of rotatable bonds is 5. The number of ether oxygens (including phenoxy) is 2. The van der Waals surface area contributed by atoms with E-state index in [2.05, 4.69) is 0 Å². The number of carbonyl (C=O) groups is 1. The minimum atomic E-state index is -0.474. The topological polar surface area (TPSA) is 59.0 Å². The normalized spacial score (nSPS) is 22.1. The zero-order valence-electron chi connectivity index (χ0n) is 11.9. The molecule has 0 radical (unpaired) electrons. The van der Waals surface area contributed by atoms with Gasteiger partial charge in [-0.3, -0.25) is 4.79 Å². The molecule has 1 fully saturated rings. The quantitative estimate of drug-likeness (QED) is 0.884. The molecule has 1 N–H and O–H groups in total. The van der Waals surface area contributed by atoms with Crippen molar-refractivity contribution < 1.29 is 19.4 Å². The molecule has 2 rings (SSSR count). The highest BCUT2D eigenvalue weighted by Gasteiger charge is 2.34. The highest BCUT2D eigenvalue weighted by molar-refractivity contribution is 5.77. The van der Waals surface area contributed by atoms with E-state index in [9.17, 15) is 9.90 Å². The fraction of sp³-hybridized carbons (Fsp3) is 0.533. The molecular weight excluding hydrogens is 258 g/mol. The summed E-state index contributed by atoms with van der Waals surface area (Å²) in [4.78, 5) is 13.9. The van der Waals surface area contributed by atoms with E-state index in [1.807, 2.05) is 24.3 Å². The number of amides is 1. The first-order valence-electron chi connectivity index (χ1n) is 6.76. The Hall–Kier alpha value is -1.59. The Labute approximate surface area is 119 Å². The van der Waals surface area contributed by atoms with Gasteiger partial charge in [-0.15, -0.1) is 0 Å². The standard InChI is InChI=1S/C15H21NO4/c1-19-7-6-15(18)16-10-12(17)9-14(16)11-4-3-5-13(8-11)20-2/h3-5,8,12,14,17H,6-7,9-10H2,1-2H3/t12-,14-/m1/s1. The van der Waals surface area contributed by atoms with E-state index in [4.69, 9.17) is 9.47 Å². The molecule has 5 heteroatoms. The van der Waals surface area contributed by atoms with Crippen LogP contribution in [0, 0.1) is 0 Å². The van der Waals surface area contributed by atoms with Crippen LogP contribution in [0.25, 0.3) is 0 Å². The number of methoxy groups -OCH3 is 2. The van der Waals surface area contributed by atoms with Gasteiger partial charge in [-0.05, 0) is 24.1 Å². The van der Waals surface area contributed by atoms with Crippen LogP contribution in [-0.4, -0.2) is 49.4 Å². The lowest BCUT2D eigenvalue weighted by Gasteiger charge is -2.25. The van der Waals surface area contributed by atoms with Crippen LogP contribution in [0.5, 0.6) is 5.75 Å². The predicted molar refractivity (Wildman–Crippen MR) is 74.6 cm³/mol. The van der Waals surface area contributed by atoms with Gasteiger partial charge in [-0.25, -0.2) is 0 Å². The van der Waals surface area contributed by atoms with E-state index in [0.717, 1.165) is 11.3 Å². The van der Waals surface area contributed by atoms with Gasteiger partial charge in [0, 0.05) is 13.7 Å². The monoisotopic (exact) mass is 279 g/mol. The fourth-order valence-electron chi connectivity index (χ4n) is 2.59. The van der Waals surface area contributed by atoms with Crippen molar-refractivity contribution in [2.45, 2.75) is 25.0 Å². The van der Waals surface area contributed by atoms with Crippen LogP contribution in [-0.2, 0) is 9.53 Å². The first kappa shape index (κ1) is 14.8. The Morgan fingerprint density at radius 2 is 2.25 bits per heavy atom. The van der Waals surface area contributed by atoms with Crippen LogP contribution in [0.2, 0.25) is 0 Å². The highest BCUT2D eigenvalue weighted by Crippen LogP contribution is 2.34. The number of likely N-dealkylation sites (tertiary alicyclic amines) is 1. The van der Waals surface area contributed by atoms with E-state index < -0.39 is 6.10 Å². The smallest absolute Gasteiger partial charge is 0.225 e. The van der Waals surface area contributed by atoms with Crippen LogP contribution < -0.4 is 4.74 Å². The Bertz CT molecular complexity index is 463. The van der Waals surface area contributed by atoms with E-state index >= 15 is 0 Å². The van der Waals surface area contributed by atoms with Gasteiger partial charge in [0.25, 0.3) is 0 Å². The highest BCUT2D eigenvalue weighted by atomic mass is 16.5. The molecule has 0 unspecified atom stereocenters. The summed E-state index contributed by atoms with van der Waals surface area (Å²) in [7, 11) is 3.19. The second-order valence-corrected chi connectivity index (χ2v) is 4.97. The second-order valence-electron chi connectivity index (χ2n) is 4.97. The molecule has 5 nitrogen and oxygen atoms in total. The van der Waals surface area contributed by atoms with Crippen molar-refractivity contribution in [2.24, 2.45) is 0 Å². The van der Waals surface area contributed by atoms with Crippen LogP contribution in [0.15, 0.2) is 24.3 Å². The van der Waals surface area contributed by atoms with Crippen molar-refractivity contribution in [3.8, 4) is 5.75 Å². The largest absolute Gasteiger partial charge is 0.497 e. The average Bonchev–Trinajstić information content (AvgIpc) is 2.87. The molecule has 0 aliphatic carbocycles. The lowest BCUT2D eigenvalue weighted by molar-refractivity contribution is -0.133. The molecule has 1 aromatic carbocycles. The van der Waals surface area contributed by atoms with Crippen molar-refractivity contribution in [1.29, 1.82) is 0 Å². The molecule has 1 amide bonds. The second kappa shape index (κ2) is 6.72. The number of β-amino-alcohol motifs (C(OH)–C–C–N with tert-alkyl or cyclic N) is 1. The Morgan fingerprint density at radius 1 is 1.45 bits per heavy atom. The lowest BCUT2D eigenvalue weighted by Crippen LogP contribution is -2.32. The van der Waals surface area contributed by atoms with Gasteiger partial charge in [-0.1, -0.05) is 12.1 Å². The Balaban J connectivity index is 2.16. The minimum absolute atomic E-state index is 0.0104. The van der Waals surface area contributed by atoms with Gasteiger partial charge in [-0.2, -0.15) is 0 Å². The summed E-state index contributed by atoms with van der Waals surface area (Å²) in [6, 6.07) is 7.55. The molecule has 110 valence electrons. The molecule has 0 aromatic heterocycles. The maximum atomic E-state index is 12.2. The van der Waals surface area contributed by atoms with Crippen LogP contribution in [0.1, 0.15) is 24.4 Å². The van der Waals surface area contributed by atoms with E-state index in [0.29, 0.717) is 26.0 Å². The molecule has 1 aliphatic rings. The van der Waals surface area contributed by atoms with Gasteiger partial charge in [0.05, 0.1) is 32.3 Å². The van der Waals surface area contributed by atoms with Gasteiger partial charge in [0.1, 0.15) is 5.75 Å². The van der Waals surface area contributed by atoms with Gasteiger partial charge in [0.15, 0.2) is 0 Å². The zero-order valence-corrected chi connectivity index (χ0v) is 11.9. The van der Waals surface area contributed by atoms with Gasteiger partial charge >= 0.3 is 0 Å². The van der Waals surface area contributed by atoms with Crippen LogP contribution in [0.4, 0.5) is 0 Å². The Kier molecular flexibility index (Phi) is 4.98. The minimum Gasteiger partial charge on any atom is -0.497 e. The lowest BCUT2D eigenvalue weighted by atomic mass is 10.0. The molecular formula is C15H21NO4.